The summed E-state index contributed by atoms with van der Waals surface area (Å²) in [5.41, 5.74) is 2.56. The van der Waals surface area contributed by atoms with E-state index in [-0.39, 0.29) is 0 Å². The first-order valence-electron chi connectivity index (χ1n) is 39.8. The molecular formula is C122H54ClN15. The smallest absolute Gasteiger partial charge is 0.222 e. The van der Waals surface area contributed by atoms with Gasteiger partial charge in [-0.2, -0.15) is 10.5 Å². The molecule has 0 spiro atoms. The molecule has 2 aliphatic rings. The molecule has 138 heavy (non-hydrogen) atoms. The molecular weight excluding hydrogens is 1710 g/mol. The van der Waals surface area contributed by atoms with Crippen molar-refractivity contribution in [2.24, 2.45) is 11.8 Å². The van der Waals surface area contributed by atoms with E-state index in [4.69, 9.17) is 33.5 Å². The maximum atomic E-state index is 8.80. The van der Waals surface area contributed by atoms with E-state index >= 15 is 0 Å². The number of halogens is 1. The van der Waals surface area contributed by atoms with Crippen LogP contribution in [-0.4, -0.2) is 72.1 Å². The highest BCUT2D eigenvalue weighted by Gasteiger charge is 2.23. The van der Waals surface area contributed by atoms with E-state index in [0.717, 1.165) is 104 Å². The predicted octanol–water partition coefficient (Wildman–Crippen LogP) is 9.24. The van der Waals surface area contributed by atoms with Crippen molar-refractivity contribution in [3.05, 3.63) is 89.9 Å². The van der Waals surface area contributed by atoms with E-state index in [2.05, 4.69) is 523 Å². The zero-order valence-electron chi connectivity index (χ0n) is 73.7. The molecule has 2 saturated carbocycles. The normalized spacial score (nSPS) is 10.1. The van der Waals surface area contributed by atoms with Crippen LogP contribution >= 0.6 is 11.6 Å². The van der Waals surface area contributed by atoms with Gasteiger partial charge in [0.2, 0.25) is 11.9 Å². The number of aromatic nitrogens is 8. The van der Waals surface area contributed by atoms with Gasteiger partial charge >= 0.3 is 0 Å². The number of nitriles is 2. The van der Waals surface area contributed by atoms with E-state index in [9.17, 15) is 0 Å². The summed E-state index contributed by atoms with van der Waals surface area (Å²) in [7, 11) is 1.86. The summed E-state index contributed by atoms with van der Waals surface area (Å²) in [6.45, 7) is 6.76. The molecule has 0 unspecified atom stereocenters. The van der Waals surface area contributed by atoms with Crippen LogP contribution in [-0.2, 0) is 0 Å². The van der Waals surface area contributed by atoms with Crippen molar-refractivity contribution in [3.63, 3.8) is 0 Å². The third-order valence-electron chi connectivity index (χ3n) is 15.4. The van der Waals surface area contributed by atoms with Gasteiger partial charge in [0.05, 0.1) is 35.9 Å². The highest BCUT2D eigenvalue weighted by Crippen LogP contribution is 2.30. The summed E-state index contributed by atoms with van der Waals surface area (Å²) < 4.78 is 0. The molecule has 2 fully saturated rings. The molecule has 6 aromatic heterocycles. The highest BCUT2D eigenvalue weighted by atomic mass is 35.5. The Labute approximate surface area is 814 Å². The first-order valence-corrected chi connectivity index (χ1v) is 40.2. The van der Waals surface area contributed by atoms with Crippen molar-refractivity contribution in [2.75, 3.05) is 46.7 Å². The van der Waals surface area contributed by atoms with Gasteiger partial charge in [0.1, 0.15) is 34.8 Å². The van der Waals surface area contributed by atoms with Gasteiger partial charge in [-0.15, -0.1) is 6.42 Å². The Bertz CT molecular complexity index is 8350. The van der Waals surface area contributed by atoms with Crippen LogP contribution in [0.2, 0.25) is 5.15 Å². The fraction of sp³-hybridized carbons (Fsp3) is 0.148. The van der Waals surface area contributed by atoms with E-state index in [1.807, 2.05) is 49.5 Å². The molecule has 8 rings (SSSR count). The monoisotopic (exact) mass is 1760 g/mol. The van der Waals surface area contributed by atoms with Crippen molar-refractivity contribution in [1.29, 1.82) is 10.5 Å². The van der Waals surface area contributed by atoms with Gasteiger partial charge in [0, 0.05) is 304 Å². The number of fused-ring (bicyclic) bond motifs is 2. The van der Waals surface area contributed by atoms with Gasteiger partial charge in [-0.1, -0.05) is 29.4 Å². The maximum absolute atomic E-state index is 8.80. The Morgan fingerprint density at radius 2 is 0.514 bits per heavy atom. The molecule has 0 radical (unpaired) electrons. The maximum Gasteiger partial charge on any atom is 0.222 e. The van der Waals surface area contributed by atoms with Crippen molar-refractivity contribution >= 4 is 62.8 Å². The molecule has 0 atom stereocenters. The van der Waals surface area contributed by atoms with E-state index in [0.29, 0.717) is 52.1 Å². The van der Waals surface area contributed by atoms with Crippen LogP contribution in [0.25, 0.3) is 21.8 Å². The third kappa shape index (κ3) is 53.5. The zero-order chi connectivity index (χ0) is 97.8. The second kappa shape index (κ2) is 74.8. The average molecular weight is 1770 g/mol. The summed E-state index contributed by atoms with van der Waals surface area (Å²) in [6.07, 6.45) is 23.4. The number of pyridine rings is 4. The minimum Gasteiger partial charge on any atom is -0.371 e. The van der Waals surface area contributed by atoms with Crippen LogP contribution in [0.5, 0.6) is 0 Å². The third-order valence-corrected chi connectivity index (χ3v) is 15.6. The van der Waals surface area contributed by atoms with Gasteiger partial charge in [0.25, 0.3) is 0 Å². The van der Waals surface area contributed by atoms with Gasteiger partial charge in [-0.25, -0.2) is 39.9 Å². The Balaban J connectivity index is 0.000000356. The summed E-state index contributed by atoms with van der Waals surface area (Å²) in [5, 5.41) is 36.9. The standard InChI is InChI=1S/C60H6.C21H24N8.C21H4.C20H20ClN7/c1-3-5-7-9-11-13-15-17-19-21-23-25-27-29-31-33-35-37-39-41-43-45-47-49-51-53-55-57-59-60-58-56-54-52-50-48-46-44-42-40-38-36-34-32-30-28-26-24-22-20-18-16-14-12-10-8-6-4-2;1-23-20-19-16(8-9-24-20)4-7-18(29-19)28-17-5-2-14(3-6-17)11-25-21-26-12-15(10-22)13-27-21;1-3-5-7-9-11-13-15-17-19-21-20-18-16-14-12-10-8-6-4-2;21-19-18-15(7-8-23-19)3-6-17(28-18)27-16-4-1-13(2-5-16)10-24-20-25-11-14(9-22)12-26-20/h1-2H3;4,7-9,12-14,17H,2-3,5-6,11H2,1H3,(H,23,24)(H,28,29)(H,25,26,27);1H,2H3;3,6-8,11-13,16H,1-2,4-5,10H2,(H,27,28)(H,24,25,26). The highest BCUT2D eigenvalue weighted by molar-refractivity contribution is 6.33. The Hall–Kier alpha value is -23.6. The molecule has 0 saturated heterocycles. The van der Waals surface area contributed by atoms with Crippen molar-refractivity contribution in [2.45, 2.75) is 84.2 Å². The molecule has 0 bridgehead atoms. The fourth-order valence-corrected chi connectivity index (χ4v) is 9.86. The summed E-state index contributed by atoms with van der Waals surface area (Å²) in [4.78, 5) is 34.5. The first kappa shape index (κ1) is 105. The van der Waals surface area contributed by atoms with Crippen LogP contribution in [0.3, 0.4) is 0 Å². The number of nitrogens with one attached hydrogen (secondary N) is 5. The Kier molecular flexibility index (Phi) is 56.9. The molecule has 0 aromatic carbocycles. The number of anilines is 5. The Morgan fingerprint density at radius 3 is 0.746 bits per heavy atom. The van der Waals surface area contributed by atoms with Crippen LogP contribution in [0.4, 0.5) is 29.4 Å². The zero-order valence-corrected chi connectivity index (χ0v) is 74.5. The Morgan fingerprint density at radius 1 is 0.290 bits per heavy atom. The van der Waals surface area contributed by atoms with Crippen molar-refractivity contribution in [3.8, 4) is 474 Å². The number of hydrogen-bond donors (Lipinski definition) is 5. The lowest BCUT2D eigenvalue weighted by molar-refractivity contribution is 0.350. The molecule has 6 aromatic rings. The number of rotatable bonds is 11. The fourth-order valence-electron chi connectivity index (χ4n) is 9.65. The summed E-state index contributed by atoms with van der Waals surface area (Å²) >= 11 is 6.16. The van der Waals surface area contributed by atoms with Crippen LogP contribution in [0.1, 0.15) is 83.3 Å². The molecule has 2 aliphatic carbocycles. The van der Waals surface area contributed by atoms with Crippen molar-refractivity contribution in [1.82, 2.24) is 39.9 Å². The summed E-state index contributed by atoms with van der Waals surface area (Å²) in [6, 6.07) is 16.9. The summed E-state index contributed by atoms with van der Waals surface area (Å²) in [5.74, 6) is 197. The minimum atomic E-state index is 0.405. The lowest BCUT2D eigenvalue weighted by Crippen LogP contribution is -2.29. The van der Waals surface area contributed by atoms with Crippen molar-refractivity contribution < 1.29 is 0 Å². The lowest BCUT2D eigenvalue weighted by Gasteiger charge is -2.29. The second-order valence-electron chi connectivity index (χ2n) is 24.4. The molecule has 0 amide bonds. The number of nitrogens with zero attached hydrogens (tertiary/aromatic N) is 10. The minimum absolute atomic E-state index is 0.405. The van der Waals surface area contributed by atoms with Crippen LogP contribution in [0.15, 0.2) is 73.6 Å². The molecule has 624 valence electrons. The van der Waals surface area contributed by atoms with Gasteiger partial charge < -0.3 is 26.6 Å². The van der Waals surface area contributed by atoms with Crippen LogP contribution in [0, 0.1) is 497 Å². The number of terminal acetylenes is 1. The number of hydrogen-bond acceptors (Lipinski definition) is 15. The SMILES string of the molecule is C#CC#CC#CC#CC#CC#CC#CC#CC#CC#CC.CC#CC#CC#CC#CC#CC#CC#CC#CC#CC#CC#CC#CC#CC#CC#CC#CC#CC#CC#CC#CC#CC#CC#CC#CC#CC#CC#CC#CC#CC.CNc1nccc2ccc(NC3CCC(CNc4ncc(C#N)cn4)CC3)nc12.N#Cc1cnc(NCC2CCC(Nc3ccc4ccnc(Cl)c4n3)CC2)nc1. The second-order valence-corrected chi connectivity index (χ2v) is 24.7. The molecule has 5 N–H and O–H groups in total. The van der Waals surface area contributed by atoms with Crippen LogP contribution < -0.4 is 26.6 Å². The van der Waals surface area contributed by atoms with E-state index in [1.165, 1.54) is 12.4 Å². The lowest BCUT2D eigenvalue weighted by atomic mass is 9.86. The van der Waals surface area contributed by atoms with Gasteiger partial charge in [-0.05, 0) is 310 Å². The molecule has 16 heteroatoms. The largest absolute Gasteiger partial charge is 0.371 e. The van der Waals surface area contributed by atoms with E-state index < -0.39 is 0 Å². The molecule has 15 nitrogen and oxygen atoms in total. The van der Waals surface area contributed by atoms with Gasteiger partial charge in [-0.3, -0.25) is 0 Å². The van der Waals surface area contributed by atoms with Gasteiger partial charge in [0.15, 0.2) is 11.0 Å². The first-order chi connectivity index (χ1) is 68.3. The topological polar surface area (TPSA) is 211 Å². The average Bonchev–Trinajstić information content (AvgIpc) is 0.823. The predicted molar refractivity (Wildman–Crippen MR) is 544 cm³/mol. The quantitative estimate of drug-likeness (QED) is 0.0605. The molecule has 6 heterocycles. The molecule has 0 aliphatic heterocycles. The van der Waals surface area contributed by atoms with E-state index in [1.54, 1.807) is 45.6 Å².